The van der Waals surface area contributed by atoms with Crippen molar-refractivity contribution in [2.45, 2.75) is 52.1 Å². The van der Waals surface area contributed by atoms with Crippen molar-refractivity contribution in [2.24, 2.45) is 0 Å². The molecule has 2 heterocycles. The zero-order chi connectivity index (χ0) is 20.2. The van der Waals surface area contributed by atoms with Gasteiger partial charge in [0.25, 0.3) is 0 Å². The van der Waals surface area contributed by atoms with Crippen LogP contribution < -0.4 is 0 Å². The number of aromatic nitrogens is 3. The van der Waals surface area contributed by atoms with Gasteiger partial charge in [0.05, 0.1) is 12.6 Å². The number of carbonyl (C=O) groups excluding carboxylic acids is 1. The molecule has 0 saturated heterocycles. The molecule has 150 valence electrons. The summed E-state index contributed by atoms with van der Waals surface area (Å²) in [5.74, 6) is 2.11. The summed E-state index contributed by atoms with van der Waals surface area (Å²) in [4.78, 5) is 14.8. The number of carbonyl (C=O) groups is 1. The molecule has 1 aromatic heterocycles. The molecule has 5 heteroatoms. The van der Waals surface area contributed by atoms with Crippen molar-refractivity contribution in [3.8, 4) is 0 Å². The normalized spacial score (nSPS) is 15.9. The molecule has 29 heavy (non-hydrogen) atoms. The summed E-state index contributed by atoms with van der Waals surface area (Å²) in [5.41, 5.74) is 3.80. The van der Waals surface area contributed by atoms with Crippen molar-refractivity contribution in [1.29, 1.82) is 0 Å². The average Bonchev–Trinajstić information content (AvgIpc) is 3.16. The summed E-state index contributed by atoms with van der Waals surface area (Å²) < 4.78 is 2.23. The maximum Gasteiger partial charge on any atom is 0.223 e. The van der Waals surface area contributed by atoms with Crippen LogP contribution in [0.3, 0.4) is 0 Å². The van der Waals surface area contributed by atoms with Crippen molar-refractivity contribution in [3.05, 3.63) is 82.9 Å². The molecule has 1 atom stereocenters. The number of hydrogen-bond donors (Lipinski definition) is 0. The standard InChI is InChI=1S/C24H28N4O/c1-18-8-6-7-11-21(18)13-15-24(29)27-16-19(2)28-22(25-26-23(28)17-27)14-12-20-9-4-3-5-10-20/h3-11,19H,12-17H2,1-2H3/t19-/m0/s1. The van der Waals surface area contributed by atoms with Crippen LogP contribution in [-0.2, 0) is 30.6 Å². The van der Waals surface area contributed by atoms with Crippen LogP contribution in [0, 0.1) is 6.92 Å². The zero-order valence-corrected chi connectivity index (χ0v) is 17.2. The van der Waals surface area contributed by atoms with Gasteiger partial charge in [-0.2, -0.15) is 0 Å². The molecule has 0 aliphatic carbocycles. The fraction of sp³-hybridized carbons (Fsp3) is 0.375. The second kappa shape index (κ2) is 8.60. The maximum absolute atomic E-state index is 12.8. The summed E-state index contributed by atoms with van der Waals surface area (Å²) in [6.07, 6.45) is 3.13. The third kappa shape index (κ3) is 4.39. The van der Waals surface area contributed by atoms with Gasteiger partial charge in [0.1, 0.15) is 5.82 Å². The van der Waals surface area contributed by atoms with Gasteiger partial charge in [-0.3, -0.25) is 4.79 Å². The molecule has 1 aliphatic heterocycles. The Bertz CT molecular complexity index is 980. The third-order valence-corrected chi connectivity index (χ3v) is 5.80. The highest BCUT2D eigenvalue weighted by Gasteiger charge is 2.28. The molecule has 5 nitrogen and oxygen atoms in total. The van der Waals surface area contributed by atoms with E-state index in [0.29, 0.717) is 13.0 Å². The molecule has 4 rings (SSSR count). The smallest absolute Gasteiger partial charge is 0.223 e. The second-order valence-corrected chi connectivity index (χ2v) is 7.94. The Morgan fingerprint density at radius 2 is 1.76 bits per heavy atom. The van der Waals surface area contributed by atoms with Crippen molar-refractivity contribution >= 4 is 5.91 Å². The molecule has 0 saturated carbocycles. The van der Waals surface area contributed by atoms with Crippen LogP contribution in [0.2, 0.25) is 0 Å². The van der Waals surface area contributed by atoms with Crippen LogP contribution in [0.25, 0.3) is 0 Å². The SMILES string of the molecule is Cc1ccccc1CCC(=O)N1Cc2nnc(CCc3ccccc3)n2[C@@H](C)C1. The molecule has 0 spiro atoms. The Kier molecular flexibility index (Phi) is 5.74. The predicted molar refractivity (Wildman–Crippen MR) is 114 cm³/mol. The fourth-order valence-electron chi connectivity index (χ4n) is 4.16. The molecule has 0 unspecified atom stereocenters. The van der Waals surface area contributed by atoms with E-state index in [0.717, 1.165) is 37.5 Å². The molecular weight excluding hydrogens is 360 g/mol. The lowest BCUT2D eigenvalue weighted by atomic mass is 10.0. The molecule has 3 aromatic rings. The molecular formula is C24H28N4O. The van der Waals surface area contributed by atoms with Gasteiger partial charge in [-0.05, 0) is 43.4 Å². The lowest BCUT2D eigenvalue weighted by molar-refractivity contribution is -0.133. The summed E-state index contributed by atoms with van der Waals surface area (Å²) in [6.45, 7) is 5.52. The maximum atomic E-state index is 12.8. The topological polar surface area (TPSA) is 51.0 Å². The van der Waals surface area contributed by atoms with Gasteiger partial charge in [0.2, 0.25) is 5.91 Å². The van der Waals surface area contributed by atoms with Crippen molar-refractivity contribution in [1.82, 2.24) is 19.7 Å². The molecule has 0 radical (unpaired) electrons. The summed E-state index contributed by atoms with van der Waals surface area (Å²) in [5, 5.41) is 8.84. The molecule has 1 aliphatic rings. The number of fused-ring (bicyclic) bond motifs is 1. The minimum Gasteiger partial charge on any atom is -0.333 e. The van der Waals surface area contributed by atoms with E-state index in [1.165, 1.54) is 16.7 Å². The molecule has 0 fully saturated rings. The van der Waals surface area contributed by atoms with Gasteiger partial charge in [-0.25, -0.2) is 0 Å². The highest BCUT2D eigenvalue weighted by atomic mass is 16.2. The van der Waals surface area contributed by atoms with Crippen LogP contribution in [-0.4, -0.2) is 32.1 Å². The number of amides is 1. The number of rotatable bonds is 6. The predicted octanol–water partition coefficient (Wildman–Crippen LogP) is 3.91. The largest absolute Gasteiger partial charge is 0.333 e. The first-order chi connectivity index (χ1) is 14.1. The van der Waals surface area contributed by atoms with Gasteiger partial charge < -0.3 is 9.47 Å². The first-order valence-corrected chi connectivity index (χ1v) is 10.4. The van der Waals surface area contributed by atoms with E-state index < -0.39 is 0 Å². The Labute approximate surface area is 172 Å². The van der Waals surface area contributed by atoms with Gasteiger partial charge in [-0.15, -0.1) is 10.2 Å². The Morgan fingerprint density at radius 3 is 2.55 bits per heavy atom. The van der Waals surface area contributed by atoms with Crippen LogP contribution in [0.4, 0.5) is 0 Å². The number of hydrogen-bond acceptors (Lipinski definition) is 3. The highest BCUT2D eigenvalue weighted by molar-refractivity contribution is 5.76. The van der Waals surface area contributed by atoms with Crippen LogP contribution in [0.5, 0.6) is 0 Å². The van der Waals surface area contributed by atoms with Gasteiger partial charge >= 0.3 is 0 Å². The molecule has 2 aromatic carbocycles. The lowest BCUT2D eigenvalue weighted by Gasteiger charge is -2.32. The first kappa shape index (κ1) is 19.4. The number of benzene rings is 2. The van der Waals surface area contributed by atoms with E-state index in [-0.39, 0.29) is 11.9 Å². The minimum atomic E-state index is 0.195. The molecule has 0 N–H and O–H groups in total. The van der Waals surface area contributed by atoms with Crippen molar-refractivity contribution in [2.75, 3.05) is 6.54 Å². The molecule has 0 bridgehead atoms. The Morgan fingerprint density at radius 1 is 1.00 bits per heavy atom. The lowest BCUT2D eigenvalue weighted by Crippen LogP contribution is -2.41. The number of aryl methyl sites for hydroxylation is 4. The summed E-state index contributed by atoms with van der Waals surface area (Å²) in [7, 11) is 0. The Balaban J connectivity index is 1.39. The van der Waals surface area contributed by atoms with E-state index in [4.69, 9.17) is 0 Å². The van der Waals surface area contributed by atoms with Crippen molar-refractivity contribution in [3.63, 3.8) is 0 Å². The van der Waals surface area contributed by atoms with Crippen LogP contribution in [0.1, 0.15) is 47.7 Å². The van der Waals surface area contributed by atoms with Gasteiger partial charge in [0, 0.05) is 19.4 Å². The van der Waals surface area contributed by atoms with E-state index in [9.17, 15) is 4.79 Å². The van der Waals surface area contributed by atoms with E-state index in [1.807, 2.05) is 23.1 Å². The van der Waals surface area contributed by atoms with Crippen LogP contribution >= 0.6 is 0 Å². The zero-order valence-electron chi connectivity index (χ0n) is 17.2. The third-order valence-electron chi connectivity index (χ3n) is 5.80. The monoisotopic (exact) mass is 388 g/mol. The summed E-state index contributed by atoms with van der Waals surface area (Å²) >= 11 is 0. The van der Waals surface area contributed by atoms with Gasteiger partial charge in [-0.1, -0.05) is 54.6 Å². The number of nitrogens with zero attached hydrogens (tertiary/aromatic N) is 4. The highest BCUT2D eigenvalue weighted by Crippen LogP contribution is 2.23. The van der Waals surface area contributed by atoms with Crippen molar-refractivity contribution < 1.29 is 4.79 Å². The van der Waals surface area contributed by atoms with Crippen LogP contribution in [0.15, 0.2) is 54.6 Å². The van der Waals surface area contributed by atoms with E-state index in [2.05, 4.69) is 65.0 Å². The van der Waals surface area contributed by atoms with Gasteiger partial charge in [0.15, 0.2) is 5.82 Å². The average molecular weight is 389 g/mol. The molecule has 1 amide bonds. The van der Waals surface area contributed by atoms with E-state index in [1.54, 1.807) is 0 Å². The Hall–Kier alpha value is -2.95. The quantitative estimate of drug-likeness (QED) is 0.643. The first-order valence-electron chi connectivity index (χ1n) is 10.4. The van der Waals surface area contributed by atoms with E-state index >= 15 is 0 Å². The second-order valence-electron chi connectivity index (χ2n) is 7.94. The summed E-state index contributed by atoms with van der Waals surface area (Å²) in [6, 6.07) is 18.9. The minimum absolute atomic E-state index is 0.195. The fourth-order valence-corrected chi connectivity index (χ4v) is 4.16.